The number of hydrogen-bond donors (Lipinski definition) is 0. The number of fused-ring (bicyclic) bond motifs is 2. The second-order valence-corrected chi connectivity index (χ2v) is 6.68. The highest BCUT2D eigenvalue weighted by atomic mass is 16.5. The molecule has 0 N–H and O–H groups in total. The molecule has 114 valence electrons. The van der Waals surface area contributed by atoms with Gasteiger partial charge in [0.25, 0.3) is 0 Å². The third-order valence-electron chi connectivity index (χ3n) is 4.50. The molecule has 0 saturated carbocycles. The lowest BCUT2D eigenvalue weighted by atomic mass is 9.98. The van der Waals surface area contributed by atoms with Gasteiger partial charge in [-0.25, -0.2) is 0 Å². The van der Waals surface area contributed by atoms with E-state index in [1.54, 1.807) is 12.4 Å². The maximum atomic E-state index is 12.4. The molecule has 3 rings (SSSR count). The van der Waals surface area contributed by atoms with E-state index in [9.17, 15) is 4.79 Å². The number of nitrogens with zero attached hydrogens (tertiary/aromatic N) is 2. The lowest BCUT2D eigenvalue weighted by Crippen LogP contribution is -2.49. The highest BCUT2D eigenvalue weighted by Gasteiger charge is 2.43. The van der Waals surface area contributed by atoms with Gasteiger partial charge in [0, 0.05) is 37.5 Å². The zero-order valence-corrected chi connectivity index (χ0v) is 12.9. The summed E-state index contributed by atoms with van der Waals surface area (Å²) in [5.74, 6) is 1.60. The monoisotopic (exact) mass is 288 g/mol. The van der Waals surface area contributed by atoms with Crippen LogP contribution >= 0.6 is 0 Å². The molecule has 2 saturated heterocycles. The molecule has 0 aliphatic carbocycles. The second kappa shape index (κ2) is 6.04. The normalized spacial score (nSPS) is 28.0. The second-order valence-electron chi connectivity index (χ2n) is 6.68. The van der Waals surface area contributed by atoms with Crippen molar-refractivity contribution in [2.75, 3.05) is 0 Å². The van der Waals surface area contributed by atoms with Crippen LogP contribution in [0.25, 0.3) is 0 Å². The summed E-state index contributed by atoms with van der Waals surface area (Å²) in [5, 5.41) is 0. The van der Waals surface area contributed by atoms with Crippen molar-refractivity contribution in [3.05, 3.63) is 24.5 Å². The molecule has 2 atom stereocenters. The highest BCUT2D eigenvalue weighted by molar-refractivity contribution is 5.77. The molecule has 4 heteroatoms. The molecule has 2 fully saturated rings. The Morgan fingerprint density at radius 3 is 2.67 bits per heavy atom. The average Bonchev–Trinajstić information content (AvgIpc) is 2.71. The summed E-state index contributed by atoms with van der Waals surface area (Å²) in [6.45, 7) is 4.22. The van der Waals surface area contributed by atoms with Crippen LogP contribution in [0.1, 0.15) is 46.0 Å². The zero-order chi connectivity index (χ0) is 14.8. The van der Waals surface area contributed by atoms with Crippen molar-refractivity contribution in [2.45, 2.75) is 64.1 Å². The van der Waals surface area contributed by atoms with Crippen LogP contribution in [0, 0.1) is 5.92 Å². The smallest absolute Gasteiger partial charge is 0.223 e. The van der Waals surface area contributed by atoms with Crippen LogP contribution in [-0.2, 0) is 4.79 Å². The lowest BCUT2D eigenvalue weighted by molar-refractivity contribution is -0.137. The maximum Gasteiger partial charge on any atom is 0.223 e. The molecule has 2 aliphatic rings. The first-order valence-electron chi connectivity index (χ1n) is 8.01. The Kier molecular flexibility index (Phi) is 4.13. The molecule has 0 aromatic carbocycles. The van der Waals surface area contributed by atoms with Gasteiger partial charge in [-0.15, -0.1) is 0 Å². The molecule has 3 heterocycles. The molecule has 2 bridgehead atoms. The SMILES string of the molecule is CC(C)CC(=O)N1C2CCC1CC(Oc1cccnc1)C2. The molecule has 2 aliphatic heterocycles. The molecule has 2 unspecified atom stereocenters. The fourth-order valence-corrected chi connectivity index (χ4v) is 3.69. The van der Waals surface area contributed by atoms with Crippen molar-refractivity contribution in [1.29, 1.82) is 0 Å². The third kappa shape index (κ3) is 3.20. The van der Waals surface area contributed by atoms with Crippen LogP contribution in [0.3, 0.4) is 0 Å². The van der Waals surface area contributed by atoms with Crippen LogP contribution < -0.4 is 4.74 Å². The standard InChI is InChI=1S/C17H24N2O2/c1-12(2)8-17(20)19-13-5-6-14(19)10-16(9-13)21-15-4-3-7-18-11-15/h3-4,7,11-14,16H,5-6,8-10H2,1-2H3. The van der Waals surface area contributed by atoms with Gasteiger partial charge in [0.2, 0.25) is 5.91 Å². The van der Waals surface area contributed by atoms with Gasteiger partial charge < -0.3 is 9.64 Å². The van der Waals surface area contributed by atoms with Crippen LogP contribution in [0.2, 0.25) is 0 Å². The minimum absolute atomic E-state index is 0.217. The van der Waals surface area contributed by atoms with E-state index in [1.807, 2.05) is 12.1 Å². The quantitative estimate of drug-likeness (QED) is 0.855. The fourth-order valence-electron chi connectivity index (χ4n) is 3.69. The van der Waals surface area contributed by atoms with Gasteiger partial charge in [0.05, 0.1) is 6.20 Å². The summed E-state index contributed by atoms with van der Waals surface area (Å²) in [7, 11) is 0. The first kappa shape index (κ1) is 14.4. The fraction of sp³-hybridized carbons (Fsp3) is 0.647. The first-order valence-corrected chi connectivity index (χ1v) is 8.01. The predicted molar refractivity (Wildman–Crippen MR) is 81.0 cm³/mol. The zero-order valence-electron chi connectivity index (χ0n) is 12.9. The number of aromatic nitrogens is 1. The van der Waals surface area contributed by atoms with Crippen molar-refractivity contribution in [2.24, 2.45) is 5.92 Å². The van der Waals surface area contributed by atoms with Gasteiger partial charge >= 0.3 is 0 Å². The summed E-state index contributed by atoms with van der Waals surface area (Å²) in [4.78, 5) is 18.7. The average molecular weight is 288 g/mol. The van der Waals surface area contributed by atoms with Gasteiger partial charge in [-0.3, -0.25) is 9.78 Å². The first-order chi connectivity index (χ1) is 10.1. The molecule has 1 aromatic rings. The van der Waals surface area contributed by atoms with Crippen molar-refractivity contribution in [3.8, 4) is 5.75 Å². The molecule has 21 heavy (non-hydrogen) atoms. The molecular weight excluding hydrogens is 264 g/mol. The molecular formula is C17H24N2O2. The van der Waals surface area contributed by atoms with E-state index in [2.05, 4.69) is 23.7 Å². The Hall–Kier alpha value is -1.58. The maximum absolute atomic E-state index is 12.4. The molecule has 4 nitrogen and oxygen atoms in total. The van der Waals surface area contributed by atoms with Gasteiger partial charge in [0.1, 0.15) is 11.9 Å². The van der Waals surface area contributed by atoms with Crippen LogP contribution in [0.15, 0.2) is 24.5 Å². The van der Waals surface area contributed by atoms with Crippen molar-refractivity contribution in [3.63, 3.8) is 0 Å². The minimum atomic E-state index is 0.217. The minimum Gasteiger partial charge on any atom is -0.489 e. The summed E-state index contributed by atoms with van der Waals surface area (Å²) in [6.07, 6.45) is 8.56. The largest absolute Gasteiger partial charge is 0.489 e. The van der Waals surface area contributed by atoms with Crippen LogP contribution in [0.4, 0.5) is 0 Å². The summed E-state index contributed by atoms with van der Waals surface area (Å²) < 4.78 is 6.04. The van der Waals surface area contributed by atoms with Gasteiger partial charge in [-0.2, -0.15) is 0 Å². The van der Waals surface area contributed by atoms with Crippen LogP contribution in [0.5, 0.6) is 5.75 Å². The van der Waals surface area contributed by atoms with E-state index in [-0.39, 0.29) is 6.10 Å². The molecule has 1 amide bonds. The van der Waals surface area contributed by atoms with Crippen molar-refractivity contribution in [1.82, 2.24) is 9.88 Å². The van der Waals surface area contributed by atoms with E-state index in [4.69, 9.17) is 4.74 Å². The van der Waals surface area contributed by atoms with Gasteiger partial charge in [0.15, 0.2) is 0 Å². The molecule has 0 radical (unpaired) electrons. The number of hydrogen-bond acceptors (Lipinski definition) is 3. The number of pyridine rings is 1. The third-order valence-corrected chi connectivity index (χ3v) is 4.50. The van der Waals surface area contributed by atoms with Gasteiger partial charge in [-0.1, -0.05) is 13.8 Å². The summed E-state index contributed by atoms with van der Waals surface area (Å²) in [6, 6.07) is 4.59. The lowest BCUT2D eigenvalue weighted by Gasteiger charge is -2.39. The van der Waals surface area contributed by atoms with Crippen molar-refractivity contribution >= 4 is 5.91 Å². The Morgan fingerprint density at radius 2 is 2.10 bits per heavy atom. The highest BCUT2D eigenvalue weighted by Crippen LogP contribution is 2.37. The molecule has 0 spiro atoms. The predicted octanol–water partition coefficient (Wildman–Crippen LogP) is 3.03. The van der Waals surface area contributed by atoms with Crippen molar-refractivity contribution < 1.29 is 9.53 Å². The summed E-state index contributed by atoms with van der Waals surface area (Å²) >= 11 is 0. The number of ether oxygens (including phenoxy) is 1. The number of piperidine rings is 1. The van der Waals surface area contributed by atoms with E-state index in [1.165, 1.54) is 0 Å². The van der Waals surface area contributed by atoms with Crippen LogP contribution in [-0.4, -0.2) is 34.0 Å². The molecule has 1 aromatic heterocycles. The summed E-state index contributed by atoms with van der Waals surface area (Å²) in [5.41, 5.74) is 0. The van der Waals surface area contributed by atoms with Gasteiger partial charge in [-0.05, 0) is 30.9 Å². The number of rotatable bonds is 4. The number of carbonyl (C=O) groups is 1. The van der Waals surface area contributed by atoms with E-state index in [0.29, 0.717) is 30.3 Å². The topological polar surface area (TPSA) is 42.4 Å². The Morgan fingerprint density at radius 1 is 1.38 bits per heavy atom. The van der Waals surface area contributed by atoms with E-state index in [0.717, 1.165) is 31.4 Å². The Labute approximate surface area is 126 Å². The number of carbonyl (C=O) groups excluding carboxylic acids is 1. The Balaban J connectivity index is 1.62. The Bertz CT molecular complexity index is 475. The number of amides is 1. The van der Waals surface area contributed by atoms with E-state index < -0.39 is 0 Å². The van der Waals surface area contributed by atoms with E-state index >= 15 is 0 Å².